The van der Waals surface area contributed by atoms with Crippen molar-refractivity contribution in [2.45, 2.75) is 25.9 Å². The summed E-state index contributed by atoms with van der Waals surface area (Å²) in [6.45, 7) is 4.53. The van der Waals surface area contributed by atoms with E-state index in [2.05, 4.69) is 4.90 Å². The Morgan fingerprint density at radius 1 is 1.53 bits per heavy atom. The highest BCUT2D eigenvalue weighted by Crippen LogP contribution is 2.16. The molecule has 0 saturated carbocycles. The number of hydrogen-bond acceptors (Lipinski definition) is 2. The molecule has 1 aliphatic rings. The van der Waals surface area contributed by atoms with Crippen LogP contribution in [0.3, 0.4) is 0 Å². The first-order valence-corrected chi connectivity index (χ1v) is 5.38. The van der Waals surface area contributed by atoms with Gasteiger partial charge in [-0.1, -0.05) is 17.7 Å². The van der Waals surface area contributed by atoms with Gasteiger partial charge in [0, 0.05) is 31.2 Å². The average Bonchev–Trinajstić information content (AvgIpc) is 2.58. The van der Waals surface area contributed by atoms with Crippen LogP contribution in [0.2, 0.25) is 0 Å². The number of nitrogens with zero attached hydrogens (tertiary/aromatic N) is 1. The number of rotatable bonds is 2. The van der Waals surface area contributed by atoms with E-state index in [1.807, 2.05) is 13.0 Å². The lowest BCUT2D eigenvalue weighted by atomic mass is 10.1. The Morgan fingerprint density at radius 3 is 3.00 bits per heavy atom. The molecule has 1 aromatic carbocycles. The fourth-order valence-corrected chi connectivity index (χ4v) is 2.07. The lowest BCUT2D eigenvalue weighted by Crippen LogP contribution is -2.26. The Morgan fingerprint density at radius 2 is 2.33 bits per heavy atom. The normalized spacial score (nSPS) is 22.2. The Hall–Kier alpha value is -0.930. The number of hydrogen-bond donors (Lipinski definition) is 1. The van der Waals surface area contributed by atoms with E-state index in [-0.39, 0.29) is 11.9 Å². The minimum atomic E-state index is -0.110. The summed E-state index contributed by atoms with van der Waals surface area (Å²) in [5.41, 5.74) is 7.70. The van der Waals surface area contributed by atoms with E-state index in [9.17, 15) is 4.39 Å². The van der Waals surface area contributed by atoms with Crippen molar-refractivity contribution in [2.75, 3.05) is 13.1 Å². The average molecular weight is 208 g/mol. The van der Waals surface area contributed by atoms with Gasteiger partial charge in [0.1, 0.15) is 5.82 Å². The molecule has 0 aromatic heterocycles. The van der Waals surface area contributed by atoms with Gasteiger partial charge in [0.2, 0.25) is 0 Å². The molecule has 0 spiro atoms. The maximum absolute atomic E-state index is 13.5. The summed E-state index contributed by atoms with van der Waals surface area (Å²) in [5, 5.41) is 0. The highest BCUT2D eigenvalue weighted by molar-refractivity contribution is 5.24. The lowest BCUT2D eigenvalue weighted by molar-refractivity contribution is 0.321. The fraction of sp³-hybridized carbons (Fsp3) is 0.500. The SMILES string of the molecule is Cc1ccc(F)c(CN2CC[C@@H](N)C2)c1. The molecule has 0 aliphatic carbocycles. The predicted molar refractivity (Wildman–Crippen MR) is 59.0 cm³/mol. The van der Waals surface area contributed by atoms with Gasteiger partial charge >= 0.3 is 0 Å². The molecule has 3 heteroatoms. The predicted octanol–water partition coefficient (Wildman–Crippen LogP) is 1.67. The third kappa shape index (κ3) is 2.55. The Kier molecular flexibility index (Phi) is 3.03. The third-order valence-corrected chi connectivity index (χ3v) is 2.90. The molecule has 1 heterocycles. The van der Waals surface area contributed by atoms with Gasteiger partial charge in [-0.3, -0.25) is 4.90 Å². The summed E-state index contributed by atoms with van der Waals surface area (Å²) in [6, 6.07) is 5.52. The monoisotopic (exact) mass is 208 g/mol. The highest BCUT2D eigenvalue weighted by Gasteiger charge is 2.19. The van der Waals surface area contributed by atoms with Gasteiger partial charge < -0.3 is 5.73 Å². The summed E-state index contributed by atoms with van der Waals surface area (Å²) < 4.78 is 13.5. The van der Waals surface area contributed by atoms with Crippen LogP contribution in [-0.4, -0.2) is 24.0 Å². The van der Waals surface area contributed by atoms with Crippen molar-refractivity contribution in [3.8, 4) is 0 Å². The molecule has 82 valence electrons. The molecule has 2 nitrogen and oxygen atoms in total. The van der Waals surface area contributed by atoms with Gasteiger partial charge in [-0.15, -0.1) is 0 Å². The van der Waals surface area contributed by atoms with Crippen molar-refractivity contribution in [1.29, 1.82) is 0 Å². The van der Waals surface area contributed by atoms with Crippen LogP contribution in [0.1, 0.15) is 17.5 Å². The van der Waals surface area contributed by atoms with E-state index in [1.54, 1.807) is 12.1 Å². The summed E-state index contributed by atoms with van der Waals surface area (Å²) >= 11 is 0. The van der Waals surface area contributed by atoms with Crippen LogP contribution in [0.5, 0.6) is 0 Å². The van der Waals surface area contributed by atoms with Crippen molar-refractivity contribution in [3.05, 3.63) is 35.1 Å². The molecule has 2 N–H and O–H groups in total. The van der Waals surface area contributed by atoms with Gasteiger partial charge in [-0.25, -0.2) is 4.39 Å². The highest BCUT2D eigenvalue weighted by atomic mass is 19.1. The van der Waals surface area contributed by atoms with Crippen molar-refractivity contribution in [3.63, 3.8) is 0 Å². The molecule has 1 aromatic rings. The molecule has 0 radical (unpaired) electrons. The van der Waals surface area contributed by atoms with E-state index in [4.69, 9.17) is 5.73 Å². The zero-order chi connectivity index (χ0) is 10.8. The summed E-state index contributed by atoms with van der Waals surface area (Å²) in [7, 11) is 0. The van der Waals surface area contributed by atoms with E-state index in [0.29, 0.717) is 6.54 Å². The summed E-state index contributed by atoms with van der Waals surface area (Å²) in [6.07, 6.45) is 1.02. The van der Waals surface area contributed by atoms with E-state index >= 15 is 0 Å². The molecule has 1 saturated heterocycles. The van der Waals surface area contributed by atoms with Crippen molar-refractivity contribution < 1.29 is 4.39 Å². The number of aryl methyl sites for hydroxylation is 1. The maximum atomic E-state index is 13.5. The molecule has 1 atom stereocenters. The number of nitrogens with two attached hydrogens (primary N) is 1. The van der Waals surface area contributed by atoms with Crippen LogP contribution in [0.25, 0.3) is 0 Å². The zero-order valence-electron chi connectivity index (χ0n) is 9.04. The van der Waals surface area contributed by atoms with Gasteiger partial charge in [-0.2, -0.15) is 0 Å². The van der Waals surface area contributed by atoms with Gasteiger partial charge in [-0.05, 0) is 19.4 Å². The minimum absolute atomic E-state index is 0.110. The van der Waals surface area contributed by atoms with Gasteiger partial charge in [0.15, 0.2) is 0 Å². The second-order valence-corrected chi connectivity index (χ2v) is 4.38. The standard InChI is InChI=1S/C12H17FN2/c1-9-2-3-12(13)10(6-9)7-15-5-4-11(14)8-15/h2-3,6,11H,4-5,7-8,14H2,1H3/t11-/m1/s1. The summed E-state index contributed by atoms with van der Waals surface area (Å²) in [5.74, 6) is -0.110. The van der Waals surface area contributed by atoms with Gasteiger partial charge in [0.25, 0.3) is 0 Å². The quantitative estimate of drug-likeness (QED) is 0.801. The van der Waals surface area contributed by atoms with E-state index in [0.717, 1.165) is 30.6 Å². The minimum Gasteiger partial charge on any atom is -0.326 e. The van der Waals surface area contributed by atoms with Crippen LogP contribution < -0.4 is 5.73 Å². The summed E-state index contributed by atoms with van der Waals surface area (Å²) in [4.78, 5) is 2.21. The van der Waals surface area contributed by atoms with E-state index < -0.39 is 0 Å². The first kappa shape index (κ1) is 10.6. The number of halogens is 1. The largest absolute Gasteiger partial charge is 0.326 e. The molecule has 0 bridgehead atoms. The number of benzene rings is 1. The first-order valence-electron chi connectivity index (χ1n) is 5.38. The second kappa shape index (κ2) is 4.29. The Balaban J connectivity index is 2.07. The lowest BCUT2D eigenvalue weighted by Gasteiger charge is -2.15. The maximum Gasteiger partial charge on any atom is 0.127 e. The zero-order valence-corrected chi connectivity index (χ0v) is 9.04. The van der Waals surface area contributed by atoms with Crippen LogP contribution >= 0.6 is 0 Å². The molecule has 2 rings (SSSR count). The van der Waals surface area contributed by atoms with Crippen molar-refractivity contribution in [2.24, 2.45) is 5.73 Å². The smallest absolute Gasteiger partial charge is 0.127 e. The van der Waals surface area contributed by atoms with Crippen molar-refractivity contribution >= 4 is 0 Å². The van der Waals surface area contributed by atoms with Crippen LogP contribution in [0.15, 0.2) is 18.2 Å². The van der Waals surface area contributed by atoms with Gasteiger partial charge in [0.05, 0.1) is 0 Å². The topological polar surface area (TPSA) is 29.3 Å². The molecule has 0 amide bonds. The molecular weight excluding hydrogens is 191 g/mol. The first-order chi connectivity index (χ1) is 7.15. The van der Waals surface area contributed by atoms with Crippen LogP contribution in [0.4, 0.5) is 4.39 Å². The molecule has 1 aliphatic heterocycles. The van der Waals surface area contributed by atoms with Crippen molar-refractivity contribution in [1.82, 2.24) is 4.90 Å². The van der Waals surface area contributed by atoms with Crippen LogP contribution in [-0.2, 0) is 6.54 Å². The molecule has 15 heavy (non-hydrogen) atoms. The number of likely N-dealkylation sites (tertiary alicyclic amines) is 1. The second-order valence-electron chi connectivity index (χ2n) is 4.38. The Labute approximate surface area is 89.9 Å². The fourth-order valence-electron chi connectivity index (χ4n) is 2.07. The molecule has 0 unspecified atom stereocenters. The molecular formula is C12H17FN2. The third-order valence-electron chi connectivity index (χ3n) is 2.90. The Bertz CT molecular complexity index is 351. The van der Waals surface area contributed by atoms with E-state index in [1.165, 1.54) is 0 Å². The van der Waals surface area contributed by atoms with Crippen LogP contribution in [0, 0.1) is 12.7 Å². The molecule has 1 fully saturated rings.